The third kappa shape index (κ3) is 7.49. The van der Waals surface area contributed by atoms with Crippen molar-refractivity contribution in [2.45, 2.75) is 48.6 Å². The van der Waals surface area contributed by atoms with Gasteiger partial charge >= 0.3 is 0 Å². The van der Waals surface area contributed by atoms with Crippen LogP contribution in [0.1, 0.15) is 44.4 Å². The molecule has 2 aromatic carbocycles. The van der Waals surface area contributed by atoms with Gasteiger partial charge in [-0.3, -0.25) is 0 Å². The van der Waals surface area contributed by atoms with E-state index >= 15 is 0 Å². The Morgan fingerprint density at radius 3 is 1.93 bits per heavy atom. The second kappa shape index (κ2) is 12.7. The maximum atomic E-state index is 10.3. The van der Waals surface area contributed by atoms with E-state index < -0.39 is 11.6 Å². The predicted octanol–water partition coefficient (Wildman–Crippen LogP) is 3.98. The first-order valence-corrected chi connectivity index (χ1v) is 10.5. The Hall–Kier alpha value is -1.83. The average molecular weight is 420 g/mol. The topological polar surface area (TPSA) is 95.9 Å². The van der Waals surface area contributed by atoms with Gasteiger partial charge < -0.3 is 25.8 Å². The van der Waals surface area contributed by atoms with Gasteiger partial charge in [-0.05, 0) is 49.2 Å². The summed E-state index contributed by atoms with van der Waals surface area (Å²) in [6, 6.07) is 15.6. The van der Waals surface area contributed by atoms with Crippen molar-refractivity contribution in [2.75, 3.05) is 20.3 Å². The SMILES string of the molecule is C/C=C(\OC)c1ccc(Sc2ccc(C(O)CC(N)(CO)CO)cc2)cc1.CC. The number of allylic oxidation sites excluding steroid dienone is 1. The van der Waals surface area contributed by atoms with Crippen LogP contribution in [-0.2, 0) is 4.74 Å². The maximum absolute atomic E-state index is 10.3. The molecule has 2 aromatic rings. The van der Waals surface area contributed by atoms with Crippen molar-refractivity contribution in [3.05, 3.63) is 65.7 Å². The molecule has 0 spiro atoms. The molecular formula is C23H33NO4S. The highest BCUT2D eigenvalue weighted by Crippen LogP contribution is 2.31. The Kier molecular flexibility index (Phi) is 11.0. The van der Waals surface area contributed by atoms with Crippen LogP contribution in [0.2, 0.25) is 0 Å². The second-order valence-electron chi connectivity index (χ2n) is 6.45. The fourth-order valence-electron chi connectivity index (χ4n) is 2.67. The van der Waals surface area contributed by atoms with E-state index in [1.165, 1.54) is 0 Å². The molecule has 1 unspecified atom stereocenters. The van der Waals surface area contributed by atoms with Gasteiger partial charge in [0.05, 0.1) is 32.0 Å². The summed E-state index contributed by atoms with van der Waals surface area (Å²) in [6.45, 7) is 5.16. The van der Waals surface area contributed by atoms with Crippen molar-refractivity contribution >= 4 is 17.5 Å². The van der Waals surface area contributed by atoms with Crippen LogP contribution >= 0.6 is 11.8 Å². The molecule has 0 aromatic heterocycles. The molecule has 0 aliphatic heterocycles. The Bertz CT molecular complexity index is 740. The molecule has 0 radical (unpaired) electrons. The first-order chi connectivity index (χ1) is 13.9. The molecule has 0 bridgehead atoms. The number of benzene rings is 2. The molecule has 29 heavy (non-hydrogen) atoms. The van der Waals surface area contributed by atoms with E-state index in [9.17, 15) is 15.3 Å². The number of hydrogen-bond acceptors (Lipinski definition) is 6. The number of ether oxygens (including phenoxy) is 1. The van der Waals surface area contributed by atoms with Crippen LogP contribution < -0.4 is 5.73 Å². The lowest BCUT2D eigenvalue weighted by Gasteiger charge is -2.27. The summed E-state index contributed by atoms with van der Waals surface area (Å²) in [5.74, 6) is 0.839. The minimum absolute atomic E-state index is 0.0841. The van der Waals surface area contributed by atoms with Gasteiger partial charge in [-0.2, -0.15) is 0 Å². The number of nitrogens with two attached hydrogens (primary N) is 1. The Morgan fingerprint density at radius 2 is 1.52 bits per heavy atom. The molecule has 6 heteroatoms. The normalized spacial score (nSPS) is 12.8. The van der Waals surface area contributed by atoms with Crippen LogP contribution in [0.15, 0.2) is 64.4 Å². The van der Waals surface area contributed by atoms with Gasteiger partial charge in [0, 0.05) is 15.4 Å². The summed E-state index contributed by atoms with van der Waals surface area (Å²) in [6.07, 6.45) is 1.16. The third-order valence-corrected chi connectivity index (χ3v) is 5.37. The van der Waals surface area contributed by atoms with Crippen molar-refractivity contribution in [1.29, 1.82) is 0 Å². The van der Waals surface area contributed by atoms with Gasteiger partial charge in [0.25, 0.3) is 0 Å². The quantitative estimate of drug-likeness (QED) is 0.459. The number of hydrogen-bond donors (Lipinski definition) is 4. The van der Waals surface area contributed by atoms with Gasteiger partial charge in [0.15, 0.2) is 0 Å². The van der Waals surface area contributed by atoms with E-state index in [2.05, 4.69) is 0 Å². The number of aliphatic hydroxyl groups excluding tert-OH is 3. The third-order valence-electron chi connectivity index (χ3n) is 4.35. The molecule has 0 saturated carbocycles. The fourth-order valence-corrected chi connectivity index (χ4v) is 3.48. The summed E-state index contributed by atoms with van der Waals surface area (Å²) < 4.78 is 5.32. The molecule has 2 rings (SSSR count). The van der Waals surface area contributed by atoms with E-state index in [4.69, 9.17) is 10.5 Å². The minimum Gasteiger partial charge on any atom is -0.496 e. The molecule has 160 valence electrons. The van der Waals surface area contributed by atoms with E-state index in [1.807, 2.05) is 75.4 Å². The average Bonchev–Trinajstić information content (AvgIpc) is 2.77. The molecule has 0 aliphatic rings. The summed E-state index contributed by atoms with van der Waals surface area (Å²) in [5.41, 5.74) is 6.38. The van der Waals surface area contributed by atoms with Crippen LogP contribution in [0.5, 0.6) is 0 Å². The van der Waals surface area contributed by atoms with E-state index in [0.29, 0.717) is 5.56 Å². The van der Waals surface area contributed by atoms with Crippen LogP contribution in [0, 0.1) is 0 Å². The first kappa shape index (κ1) is 25.2. The lowest BCUT2D eigenvalue weighted by molar-refractivity contribution is 0.0618. The smallest absolute Gasteiger partial charge is 0.121 e. The molecule has 0 amide bonds. The molecule has 5 nitrogen and oxygen atoms in total. The summed E-state index contributed by atoms with van der Waals surface area (Å²) in [7, 11) is 1.66. The number of methoxy groups -OCH3 is 1. The van der Waals surface area contributed by atoms with Crippen LogP contribution in [0.25, 0.3) is 5.76 Å². The highest BCUT2D eigenvalue weighted by Gasteiger charge is 2.27. The zero-order valence-electron chi connectivity index (χ0n) is 17.6. The Labute approximate surface area is 178 Å². The molecule has 0 saturated heterocycles. The zero-order chi connectivity index (χ0) is 21.9. The first-order valence-electron chi connectivity index (χ1n) is 9.72. The van der Waals surface area contributed by atoms with Crippen molar-refractivity contribution in [3.8, 4) is 0 Å². The summed E-state index contributed by atoms with van der Waals surface area (Å²) in [5, 5.41) is 28.8. The molecule has 0 fully saturated rings. The molecule has 1 atom stereocenters. The van der Waals surface area contributed by atoms with Crippen molar-refractivity contribution in [1.82, 2.24) is 0 Å². The van der Waals surface area contributed by atoms with E-state index in [0.717, 1.165) is 21.1 Å². The predicted molar refractivity (Wildman–Crippen MR) is 120 cm³/mol. The lowest BCUT2D eigenvalue weighted by Crippen LogP contribution is -2.48. The van der Waals surface area contributed by atoms with Crippen LogP contribution in [0.4, 0.5) is 0 Å². The largest absolute Gasteiger partial charge is 0.496 e. The summed E-state index contributed by atoms with van der Waals surface area (Å²) in [4.78, 5) is 2.14. The highest BCUT2D eigenvalue weighted by molar-refractivity contribution is 7.99. The van der Waals surface area contributed by atoms with Crippen molar-refractivity contribution in [3.63, 3.8) is 0 Å². The number of aliphatic hydroxyl groups is 3. The van der Waals surface area contributed by atoms with Gasteiger partial charge in [-0.15, -0.1) is 0 Å². The second-order valence-corrected chi connectivity index (χ2v) is 7.60. The van der Waals surface area contributed by atoms with Crippen molar-refractivity contribution < 1.29 is 20.1 Å². The Balaban J connectivity index is 0.00000204. The van der Waals surface area contributed by atoms with Crippen LogP contribution in [-0.4, -0.2) is 41.2 Å². The van der Waals surface area contributed by atoms with Crippen LogP contribution in [0.3, 0.4) is 0 Å². The van der Waals surface area contributed by atoms with Gasteiger partial charge in [-0.1, -0.05) is 49.9 Å². The zero-order valence-corrected chi connectivity index (χ0v) is 18.4. The number of rotatable bonds is 9. The minimum atomic E-state index is -1.19. The monoisotopic (exact) mass is 419 g/mol. The molecule has 0 heterocycles. The van der Waals surface area contributed by atoms with Gasteiger partial charge in [0.2, 0.25) is 0 Å². The molecular weight excluding hydrogens is 386 g/mol. The van der Waals surface area contributed by atoms with E-state index in [1.54, 1.807) is 18.9 Å². The Morgan fingerprint density at radius 1 is 1.03 bits per heavy atom. The lowest BCUT2D eigenvalue weighted by atomic mass is 9.92. The molecule has 5 N–H and O–H groups in total. The highest BCUT2D eigenvalue weighted by atomic mass is 32.2. The fraction of sp³-hybridized carbons (Fsp3) is 0.391. The van der Waals surface area contributed by atoms with Crippen molar-refractivity contribution in [2.24, 2.45) is 5.73 Å². The van der Waals surface area contributed by atoms with E-state index in [-0.39, 0.29) is 19.6 Å². The maximum Gasteiger partial charge on any atom is 0.121 e. The standard InChI is InChI=1S/C21H27NO4S.C2H6/c1-3-20(26-2)16-6-10-18(11-7-16)27-17-8-4-15(5-9-17)19(25)12-21(22,13-23)14-24;1-2/h3-11,19,23-25H,12-14,22H2,1-2H3;1-2H3/b20-3-;. The molecule has 0 aliphatic carbocycles. The summed E-state index contributed by atoms with van der Waals surface area (Å²) >= 11 is 1.62. The van der Waals surface area contributed by atoms with Gasteiger partial charge in [0.1, 0.15) is 5.76 Å². The van der Waals surface area contributed by atoms with Gasteiger partial charge in [-0.25, -0.2) is 0 Å².